The molecule has 40 heavy (non-hydrogen) atoms. The number of amides is 2. The van der Waals surface area contributed by atoms with E-state index < -0.39 is 24.1 Å². The average Bonchev–Trinajstić information content (AvgIpc) is 3.56. The van der Waals surface area contributed by atoms with E-state index in [1.165, 1.54) is 56.2 Å². The molecule has 1 atom stereocenters. The zero-order valence-electron chi connectivity index (χ0n) is 21.5. The van der Waals surface area contributed by atoms with Gasteiger partial charge in [-0.2, -0.15) is 0 Å². The fourth-order valence-corrected chi connectivity index (χ4v) is 5.58. The molecule has 0 unspecified atom stereocenters. The molecular formula is C27H21FN6O5S. The van der Waals surface area contributed by atoms with Gasteiger partial charge in [0.15, 0.2) is 11.6 Å². The Bertz CT molecular complexity index is 1840. The maximum atomic E-state index is 15.1. The highest BCUT2D eigenvalue weighted by Crippen LogP contribution is 2.43. The molecule has 1 aliphatic heterocycles. The van der Waals surface area contributed by atoms with Crippen LogP contribution >= 0.6 is 11.3 Å². The molecule has 4 heterocycles. The number of anilines is 1. The summed E-state index contributed by atoms with van der Waals surface area (Å²) in [5.74, 6) is -0.879. The van der Waals surface area contributed by atoms with Gasteiger partial charge in [-0.15, -0.1) is 11.3 Å². The van der Waals surface area contributed by atoms with Crippen LogP contribution in [0, 0.1) is 12.7 Å². The summed E-state index contributed by atoms with van der Waals surface area (Å²) in [4.78, 5) is 43.1. The Hall–Kier alpha value is -4.91. The van der Waals surface area contributed by atoms with Gasteiger partial charge < -0.3 is 19.9 Å². The van der Waals surface area contributed by atoms with Crippen molar-refractivity contribution in [2.45, 2.75) is 19.6 Å². The molecule has 0 bridgehead atoms. The Labute approximate surface area is 230 Å². The van der Waals surface area contributed by atoms with E-state index in [-0.39, 0.29) is 17.7 Å². The fourth-order valence-electron chi connectivity index (χ4n) is 4.46. The number of fused-ring (bicyclic) bond motifs is 4. The molecule has 202 valence electrons. The van der Waals surface area contributed by atoms with Crippen molar-refractivity contribution in [1.29, 1.82) is 0 Å². The van der Waals surface area contributed by atoms with Crippen LogP contribution in [0.5, 0.6) is 11.6 Å². The van der Waals surface area contributed by atoms with Crippen LogP contribution in [-0.4, -0.2) is 52.4 Å². The molecule has 5 aromatic rings. The first-order valence-electron chi connectivity index (χ1n) is 12.0. The highest BCUT2D eigenvalue weighted by molar-refractivity contribution is 7.22. The Morgan fingerprint density at radius 1 is 1.15 bits per heavy atom. The number of nitrogens with two attached hydrogens (primary N) is 1. The summed E-state index contributed by atoms with van der Waals surface area (Å²) in [6.45, 7) is 1.94. The first-order valence-corrected chi connectivity index (χ1v) is 12.8. The summed E-state index contributed by atoms with van der Waals surface area (Å²) in [5, 5.41) is 0.637. The molecule has 0 aliphatic carbocycles. The van der Waals surface area contributed by atoms with Crippen LogP contribution in [-0.2, 0) is 11.2 Å². The minimum Gasteiger partial charge on any atom is -0.480 e. The quantitative estimate of drug-likeness (QED) is 0.331. The number of rotatable bonds is 5. The van der Waals surface area contributed by atoms with Gasteiger partial charge in [-0.25, -0.2) is 24.1 Å². The van der Waals surface area contributed by atoms with E-state index in [2.05, 4.69) is 15.0 Å². The minimum absolute atomic E-state index is 0.0131. The third-order valence-electron chi connectivity index (χ3n) is 6.41. The number of thiazole rings is 1. The number of carbonyl (C=O) groups is 2. The largest absolute Gasteiger partial charge is 0.480 e. The summed E-state index contributed by atoms with van der Waals surface area (Å²) in [6.07, 6.45) is 2.49. The predicted octanol–water partition coefficient (Wildman–Crippen LogP) is 4.39. The Morgan fingerprint density at radius 2 is 1.98 bits per heavy atom. The molecule has 13 heteroatoms. The molecule has 1 aliphatic rings. The number of carbonyl (C=O) groups excluding carboxylic acids is 2. The van der Waals surface area contributed by atoms with Gasteiger partial charge in [-0.1, -0.05) is 0 Å². The smallest absolute Gasteiger partial charge is 0.417 e. The molecule has 0 radical (unpaired) electrons. The molecule has 0 saturated carbocycles. The number of aromatic nitrogens is 4. The average molecular weight is 561 g/mol. The summed E-state index contributed by atoms with van der Waals surface area (Å²) < 4.78 is 32.2. The molecule has 3 aromatic heterocycles. The number of benzene rings is 2. The molecular weight excluding hydrogens is 539 g/mol. The fraction of sp³-hybridized carbons (Fsp3) is 0.185. The van der Waals surface area contributed by atoms with Crippen molar-refractivity contribution < 1.29 is 28.2 Å². The number of hydrogen-bond donors (Lipinski definition) is 1. The van der Waals surface area contributed by atoms with Gasteiger partial charge in [0.1, 0.15) is 5.01 Å². The second-order valence-electron chi connectivity index (χ2n) is 9.12. The number of ether oxygens (including phenoxy) is 3. The lowest BCUT2D eigenvalue weighted by Gasteiger charge is -2.19. The highest BCUT2D eigenvalue weighted by Gasteiger charge is 2.33. The Morgan fingerprint density at radius 3 is 2.75 bits per heavy atom. The van der Waals surface area contributed by atoms with E-state index in [1.54, 1.807) is 0 Å². The van der Waals surface area contributed by atoms with E-state index in [0.717, 1.165) is 16.0 Å². The first kappa shape index (κ1) is 25.4. The third-order valence-corrected chi connectivity index (χ3v) is 7.58. The van der Waals surface area contributed by atoms with Crippen LogP contribution in [0.15, 0.2) is 42.9 Å². The second-order valence-corrected chi connectivity index (χ2v) is 10.1. The van der Waals surface area contributed by atoms with E-state index in [1.807, 2.05) is 19.1 Å². The van der Waals surface area contributed by atoms with E-state index >= 15 is 4.39 Å². The number of primary amides is 1. The zero-order valence-corrected chi connectivity index (χ0v) is 22.3. The van der Waals surface area contributed by atoms with E-state index in [0.29, 0.717) is 43.4 Å². The summed E-state index contributed by atoms with van der Waals surface area (Å²) >= 11 is 1.37. The molecule has 0 saturated heterocycles. The van der Waals surface area contributed by atoms with Crippen LogP contribution < -0.4 is 20.1 Å². The number of aryl methyl sites for hydroxylation is 1. The second kappa shape index (κ2) is 9.68. The van der Waals surface area contributed by atoms with Crippen molar-refractivity contribution in [3.63, 3.8) is 0 Å². The van der Waals surface area contributed by atoms with Crippen molar-refractivity contribution >= 4 is 50.3 Å². The summed E-state index contributed by atoms with van der Waals surface area (Å²) in [5.41, 5.74) is 9.75. The number of halogens is 1. The number of methoxy groups -OCH3 is 1. The topological polar surface area (TPSA) is 143 Å². The van der Waals surface area contributed by atoms with Crippen molar-refractivity contribution in [3.05, 3.63) is 65.4 Å². The SMILES string of the molecule is COc1cnc2c(-c3nc4cc(F)c5c(c4s3)C[C@@H](OC(=O)N(C)c3cncc(C(N)=O)c3)O5)cc(C)cc2n1. The van der Waals surface area contributed by atoms with Gasteiger partial charge in [0.25, 0.3) is 6.29 Å². The van der Waals surface area contributed by atoms with Crippen molar-refractivity contribution in [1.82, 2.24) is 19.9 Å². The highest BCUT2D eigenvalue weighted by atomic mass is 32.1. The van der Waals surface area contributed by atoms with Gasteiger partial charge in [-0.3, -0.25) is 14.7 Å². The molecule has 2 aromatic carbocycles. The van der Waals surface area contributed by atoms with Crippen LogP contribution in [0.3, 0.4) is 0 Å². The van der Waals surface area contributed by atoms with Crippen LogP contribution in [0.25, 0.3) is 31.8 Å². The zero-order chi connectivity index (χ0) is 28.1. The van der Waals surface area contributed by atoms with Crippen LogP contribution in [0.1, 0.15) is 21.5 Å². The minimum atomic E-state index is -1.07. The van der Waals surface area contributed by atoms with Gasteiger partial charge in [-0.05, 0) is 30.7 Å². The number of hydrogen-bond acceptors (Lipinski definition) is 10. The van der Waals surface area contributed by atoms with Crippen LogP contribution in [0.4, 0.5) is 14.9 Å². The molecule has 11 nitrogen and oxygen atoms in total. The lowest BCUT2D eigenvalue weighted by Crippen LogP contribution is -2.33. The maximum Gasteiger partial charge on any atom is 0.417 e. The van der Waals surface area contributed by atoms with Crippen molar-refractivity contribution in [2.24, 2.45) is 5.73 Å². The maximum absolute atomic E-state index is 15.1. The summed E-state index contributed by atoms with van der Waals surface area (Å²) in [6, 6.07) is 6.58. The van der Waals surface area contributed by atoms with Gasteiger partial charge in [0, 0.05) is 30.4 Å². The summed E-state index contributed by atoms with van der Waals surface area (Å²) in [7, 11) is 2.98. The van der Waals surface area contributed by atoms with Gasteiger partial charge >= 0.3 is 6.09 Å². The first-order chi connectivity index (χ1) is 19.2. The van der Waals surface area contributed by atoms with E-state index in [9.17, 15) is 9.59 Å². The number of pyridine rings is 1. The third kappa shape index (κ3) is 4.39. The van der Waals surface area contributed by atoms with Crippen LogP contribution in [0.2, 0.25) is 0 Å². The molecule has 0 spiro atoms. The standard InChI is InChI=1S/C27H21FN6O5S/c1-12-4-15(22-18(5-12)32-20(37-3)11-31-22)26-33-19-8-17(28)23-16(24(19)40-26)7-21(38-23)39-27(36)34(2)14-6-13(25(29)35)9-30-10-14/h4-6,8-11,21H,7H2,1-3H3,(H2,29,35)/t21-/m1/s1. The van der Waals surface area contributed by atoms with Gasteiger partial charge in [0.05, 0.1) is 58.4 Å². The van der Waals surface area contributed by atoms with Crippen molar-refractivity contribution in [3.8, 4) is 22.2 Å². The van der Waals surface area contributed by atoms with E-state index in [4.69, 9.17) is 24.9 Å². The molecule has 2 N–H and O–H groups in total. The monoisotopic (exact) mass is 560 g/mol. The Kier molecular flexibility index (Phi) is 6.14. The molecule has 2 amide bonds. The van der Waals surface area contributed by atoms with Crippen molar-refractivity contribution in [2.75, 3.05) is 19.1 Å². The number of nitrogens with zero attached hydrogens (tertiary/aromatic N) is 5. The lowest BCUT2D eigenvalue weighted by molar-refractivity contribution is -0.0144. The lowest BCUT2D eigenvalue weighted by atomic mass is 10.1. The van der Waals surface area contributed by atoms with Gasteiger partial charge in [0.2, 0.25) is 11.8 Å². The Balaban J connectivity index is 1.30. The predicted molar refractivity (Wildman–Crippen MR) is 145 cm³/mol. The normalized spacial score (nSPS) is 14.2. The molecule has 6 rings (SSSR count). The molecule has 0 fully saturated rings.